The van der Waals surface area contributed by atoms with Gasteiger partial charge in [-0.15, -0.1) is 0 Å². The van der Waals surface area contributed by atoms with Crippen LogP contribution in [-0.2, 0) is 0 Å². The first-order chi connectivity index (χ1) is 13.6. The van der Waals surface area contributed by atoms with Crippen molar-refractivity contribution < 1.29 is 14.2 Å². The van der Waals surface area contributed by atoms with Gasteiger partial charge >= 0.3 is 0 Å². The largest absolute Gasteiger partial charge is 0.493 e. The van der Waals surface area contributed by atoms with Gasteiger partial charge in [0, 0.05) is 17.5 Å². The molecule has 7 heteroatoms. The van der Waals surface area contributed by atoms with E-state index < -0.39 is 0 Å². The number of anilines is 1. The maximum atomic E-state index is 5.83. The van der Waals surface area contributed by atoms with E-state index in [1.165, 1.54) is 0 Å². The lowest BCUT2D eigenvalue weighted by Crippen LogP contribution is -2.27. The molecule has 2 aliphatic heterocycles. The second-order valence-corrected chi connectivity index (χ2v) is 7.16. The maximum absolute atomic E-state index is 5.83. The molecule has 6 nitrogen and oxygen atoms in total. The average Bonchev–Trinajstić information content (AvgIpc) is 3.21. The SMILES string of the molecule is COc1cc(C2C=C(c3ccc(N)cc3)N=C3SC=CN32)cc(OC)c1OC. The average molecular weight is 395 g/mol. The molecule has 0 saturated heterocycles. The van der Waals surface area contributed by atoms with Gasteiger partial charge in [0.2, 0.25) is 5.75 Å². The van der Waals surface area contributed by atoms with Gasteiger partial charge in [-0.1, -0.05) is 23.9 Å². The second-order valence-electron chi connectivity index (χ2n) is 6.28. The molecule has 2 aromatic carbocycles. The van der Waals surface area contributed by atoms with Crippen LogP contribution < -0.4 is 19.9 Å². The minimum Gasteiger partial charge on any atom is -0.493 e. The quantitative estimate of drug-likeness (QED) is 0.763. The summed E-state index contributed by atoms with van der Waals surface area (Å²) in [4.78, 5) is 6.95. The van der Waals surface area contributed by atoms with Crippen molar-refractivity contribution >= 4 is 28.3 Å². The summed E-state index contributed by atoms with van der Waals surface area (Å²) < 4.78 is 16.5. The number of rotatable bonds is 5. The van der Waals surface area contributed by atoms with Gasteiger partial charge in [-0.05, 0) is 41.3 Å². The van der Waals surface area contributed by atoms with Gasteiger partial charge in [-0.25, -0.2) is 4.99 Å². The normalized spacial score (nSPS) is 17.7. The molecule has 0 fully saturated rings. The van der Waals surface area contributed by atoms with Gasteiger partial charge < -0.3 is 24.8 Å². The van der Waals surface area contributed by atoms with Crippen molar-refractivity contribution in [1.29, 1.82) is 0 Å². The molecule has 0 saturated carbocycles. The van der Waals surface area contributed by atoms with Gasteiger partial charge in [0.05, 0.1) is 33.1 Å². The van der Waals surface area contributed by atoms with Crippen LogP contribution in [-0.4, -0.2) is 31.4 Å². The summed E-state index contributed by atoms with van der Waals surface area (Å²) in [7, 11) is 4.84. The molecule has 144 valence electrons. The molecule has 0 spiro atoms. The first-order valence-corrected chi connectivity index (χ1v) is 9.60. The highest BCUT2D eigenvalue weighted by Crippen LogP contribution is 2.44. The number of ether oxygens (including phenoxy) is 3. The monoisotopic (exact) mass is 395 g/mol. The van der Waals surface area contributed by atoms with E-state index in [1.807, 2.05) is 48.0 Å². The lowest BCUT2D eigenvalue weighted by atomic mass is 10.00. The second kappa shape index (κ2) is 7.52. The number of nitrogens with zero attached hydrogens (tertiary/aromatic N) is 2. The predicted octanol–water partition coefficient (Wildman–Crippen LogP) is 4.27. The molecule has 0 radical (unpaired) electrons. The third kappa shape index (κ3) is 3.18. The number of aliphatic imine (C=N–C) groups is 1. The van der Waals surface area contributed by atoms with Crippen LogP contribution in [0.2, 0.25) is 0 Å². The highest BCUT2D eigenvalue weighted by atomic mass is 32.2. The Hall–Kier alpha value is -3.06. The molecule has 4 rings (SSSR count). The number of fused-ring (bicyclic) bond motifs is 1. The summed E-state index contributed by atoms with van der Waals surface area (Å²) in [5.41, 5.74) is 9.50. The van der Waals surface area contributed by atoms with Crippen LogP contribution in [0, 0.1) is 0 Å². The van der Waals surface area contributed by atoms with Crippen LogP contribution >= 0.6 is 11.8 Å². The third-order valence-electron chi connectivity index (χ3n) is 4.68. The summed E-state index contributed by atoms with van der Waals surface area (Å²) in [5, 5.41) is 2.96. The number of amidine groups is 1. The van der Waals surface area contributed by atoms with Crippen molar-refractivity contribution in [3.8, 4) is 17.2 Å². The molecule has 0 bridgehead atoms. The first kappa shape index (κ1) is 18.3. The van der Waals surface area contributed by atoms with Gasteiger partial charge in [0.15, 0.2) is 16.7 Å². The van der Waals surface area contributed by atoms with Gasteiger partial charge in [-0.3, -0.25) is 0 Å². The molecule has 1 unspecified atom stereocenters. The molecule has 2 N–H and O–H groups in total. The van der Waals surface area contributed by atoms with Crippen LogP contribution in [0.5, 0.6) is 17.2 Å². The summed E-state index contributed by atoms with van der Waals surface area (Å²) in [5.74, 6) is 1.82. The number of nitrogen functional groups attached to an aromatic ring is 1. The topological polar surface area (TPSA) is 69.3 Å². The summed E-state index contributed by atoms with van der Waals surface area (Å²) in [6.07, 6.45) is 4.17. The fraction of sp³-hybridized carbons (Fsp3) is 0.190. The smallest absolute Gasteiger partial charge is 0.203 e. The number of nitrogens with two attached hydrogens (primary N) is 1. The van der Waals surface area contributed by atoms with E-state index in [1.54, 1.807) is 33.1 Å². The van der Waals surface area contributed by atoms with E-state index >= 15 is 0 Å². The van der Waals surface area contributed by atoms with E-state index in [-0.39, 0.29) is 6.04 Å². The Morgan fingerprint density at radius 3 is 2.29 bits per heavy atom. The first-order valence-electron chi connectivity index (χ1n) is 8.72. The lowest BCUT2D eigenvalue weighted by molar-refractivity contribution is 0.322. The van der Waals surface area contributed by atoms with Crippen molar-refractivity contribution in [2.75, 3.05) is 27.1 Å². The van der Waals surface area contributed by atoms with E-state index in [0.29, 0.717) is 17.2 Å². The standard InChI is InChI=1S/C21H21N3O3S/c1-25-18-10-14(11-19(26-2)20(18)27-3)17-12-16(13-4-6-15(22)7-5-13)23-21-24(17)8-9-28-21/h4-12,17H,22H2,1-3H3. The Morgan fingerprint density at radius 2 is 1.68 bits per heavy atom. The molecule has 0 aromatic heterocycles. The molecular weight excluding hydrogens is 374 g/mol. The molecule has 2 aromatic rings. The van der Waals surface area contributed by atoms with Crippen molar-refractivity contribution in [1.82, 2.24) is 4.90 Å². The van der Waals surface area contributed by atoms with Gasteiger partial charge in [0.1, 0.15) is 0 Å². The Balaban J connectivity index is 1.82. The number of hydrogen-bond donors (Lipinski definition) is 1. The third-order valence-corrected chi connectivity index (χ3v) is 5.45. The molecule has 0 amide bonds. The minimum absolute atomic E-state index is 0.0555. The zero-order valence-electron chi connectivity index (χ0n) is 15.9. The molecular formula is C21H21N3O3S. The van der Waals surface area contributed by atoms with Crippen molar-refractivity contribution in [2.45, 2.75) is 6.04 Å². The van der Waals surface area contributed by atoms with Gasteiger partial charge in [0.25, 0.3) is 0 Å². The number of methoxy groups -OCH3 is 3. The van der Waals surface area contributed by atoms with E-state index in [0.717, 1.165) is 27.7 Å². The Morgan fingerprint density at radius 1 is 1.00 bits per heavy atom. The van der Waals surface area contributed by atoms with E-state index in [2.05, 4.69) is 11.0 Å². The highest BCUT2D eigenvalue weighted by molar-refractivity contribution is 8.16. The van der Waals surface area contributed by atoms with Crippen LogP contribution in [0.3, 0.4) is 0 Å². The molecule has 28 heavy (non-hydrogen) atoms. The molecule has 2 heterocycles. The summed E-state index contributed by atoms with van der Waals surface area (Å²) in [6, 6.07) is 11.6. The van der Waals surface area contributed by atoms with Gasteiger partial charge in [-0.2, -0.15) is 0 Å². The zero-order chi connectivity index (χ0) is 19.7. The molecule has 2 aliphatic rings. The zero-order valence-corrected chi connectivity index (χ0v) is 16.7. The minimum atomic E-state index is -0.0555. The predicted molar refractivity (Wildman–Crippen MR) is 114 cm³/mol. The lowest BCUT2D eigenvalue weighted by Gasteiger charge is -2.30. The van der Waals surface area contributed by atoms with Crippen LogP contribution in [0.1, 0.15) is 17.2 Å². The fourth-order valence-electron chi connectivity index (χ4n) is 3.29. The molecule has 1 atom stereocenters. The number of benzene rings is 2. The van der Waals surface area contributed by atoms with Crippen molar-refractivity contribution in [3.63, 3.8) is 0 Å². The fourth-order valence-corrected chi connectivity index (χ4v) is 4.05. The molecule has 0 aliphatic carbocycles. The number of hydrogen-bond acceptors (Lipinski definition) is 7. The van der Waals surface area contributed by atoms with Crippen molar-refractivity contribution in [2.24, 2.45) is 4.99 Å². The number of thioether (sulfide) groups is 1. The van der Waals surface area contributed by atoms with Crippen LogP contribution in [0.4, 0.5) is 5.69 Å². The highest BCUT2D eigenvalue weighted by Gasteiger charge is 2.30. The Bertz CT molecular complexity index is 958. The van der Waals surface area contributed by atoms with E-state index in [9.17, 15) is 0 Å². The summed E-state index contributed by atoms with van der Waals surface area (Å²) in [6.45, 7) is 0. The van der Waals surface area contributed by atoms with Crippen LogP contribution in [0.15, 0.2) is 59.1 Å². The Labute approximate surface area is 168 Å². The van der Waals surface area contributed by atoms with Crippen LogP contribution in [0.25, 0.3) is 5.70 Å². The maximum Gasteiger partial charge on any atom is 0.203 e. The van der Waals surface area contributed by atoms with Crippen molar-refractivity contribution in [3.05, 3.63) is 65.2 Å². The van der Waals surface area contributed by atoms with E-state index in [4.69, 9.17) is 24.9 Å². The summed E-state index contributed by atoms with van der Waals surface area (Å²) >= 11 is 1.60. The Kier molecular flexibility index (Phi) is 4.92.